The fourth-order valence-corrected chi connectivity index (χ4v) is 9.65. The van der Waals surface area contributed by atoms with Gasteiger partial charge in [0.15, 0.2) is 12.4 Å². The summed E-state index contributed by atoms with van der Waals surface area (Å²) in [6.45, 7) is 5.50. The van der Waals surface area contributed by atoms with Crippen LogP contribution in [0.1, 0.15) is 245 Å². The van der Waals surface area contributed by atoms with Gasteiger partial charge in [-0.25, -0.2) is 0 Å². The van der Waals surface area contributed by atoms with Crippen LogP contribution < -0.4 is 5.32 Å². The maximum absolute atomic E-state index is 13.4. The highest BCUT2D eigenvalue weighted by atomic mass is 16.7. The molecule has 1 rings (SSSR count). The smallest absolute Gasteiger partial charge is 0.306 e. The van der Waals surface area contributed by atoms with E-state index in [4.69, 9.17) is 14.2 Å². The fraction of sp³-hybridized carbons (Fsp3) is 0.649. The number of allylic oxidation sites excluding steroid dienone is 23. The maximum Gasteiger partial charge on any atom is 0.306 e. The molecule has 482 valence electrons. The van der Waals surface area contributed by atoms with E-state index in [0.717, 1.165) is 109 Å². The molecule has 0 aromatic carbocycles. The van der Waals surface area contributed by atoms with Crippen LogP contribution in [0.25, 0.3) is 0 Å². The first kappa shape index (κ1) is 78.6. The first-order chi connectivity index (χ1) is 41.7. The second-order valence-electron chi connectivity index (χ2n) is 22.6. The molecule has 0 radical (unpaired) electrons. The molecule has 0 spiro atoms. The van der Waals surface area contributed by atoms with Gasteiger partial charge >= 0.3 is 5.97 Å². The Bertz CT molecular complexity index is 1940. The summed E-state index contributed by atoms with van der Waals surface area (Å²) in [7, 11) is 0. The fourth-order valence-electron chi connectivity index (χ4n) is 9.65. The summed E-state index contributed by atoms with van der Waals surface area (Å²) in [5, 5.41) is 57.1. The van der Waals surface area contributed by atoms with E-state index >= 15 is 0 Å². The third-order valence-corrected chi connectivity index (χ3v) is 14.9. The van der Waals surface area contributed by atoms with Gasteiger partial charge < -0.3 is 45.1 Å². The molecule has 11 heteroatoms. The summed E-state index contributed by atoms with van der Waals surface area (Å²) in [4.78, 5) is 26.6. The van der Waals surface area contributed by atoms with Crippen LogP contribution in [0.5, 0.6) is 0 Å². The second kappa shape index (κ2) is 59.9. The predicted octanol–water partition coefficient (Wildman–Crippen LogP) is 16.9. The molecule has 1 amide bonds. The Hall–Kier alpha value is -4.46. The first-order valence-corrected chi connectivity index (χ1v) is 33.7. The van der Waals surface area contributed by atoms with Crippen LogP contribution in [0.4, 0.5) is 0 Å². The van der Waals surface area contributed by atoms with Crippen molar-refractivity contribution in [3.05, 3.63) is 146 Å². The summed E-state index contributed by atoms with van der Waals surface area (Å²) < 4.78 is 17.6. The molecule has 11 nitrogen and oxygen atoms in total. The van der Waals surface area contributed by atoms with E-state index < -0.39 is 67.4 Å². The lowest BCUT2D eigenvalue weighted by Crippen LogP contribution is -2.61. The van der Waals surface area contributed by atoms with Gasteiger partial charge in [-0.2, -0.15) is 0 Å². The summed E-state index contributed by atoms with van der Waals surface area (Å²) in [5.74, 6) is -1.25. The van der Waals surface area contributed by atoms with Gasteiger partial charge in [-0.15, -0.1) is 0 Å². The van der Waals surface area contributed by atoms with Gasteiger partial charge in [0.05, 0.1) is 25.4 Å². The third kappa shape index (κ3) is 47.3. The highest BCUT2D eigenvalue weighted by Gasteiger charge is 2.47. The number of carbonyl (C=O) groups excluding carboxylic acids is 2. The lowest BCUT2D eigenvalue weighted by molar-refractivity contribution is -0.305. The number of rotatable bonds is 55. The number of amides is 1. The molecule has 6 N–H and O–H groups in total. The Labute approximate surface area is 517 Å². The lowest BCUT2D eigenvalue weighted by Gasteiger charge is -2.41. The SMILES string of the molecule is CC\C=C/C=C/C=C/C=C\C=C\C=C\CCCCC(O)C(=O)NC(COC1OC(CO)C(O)C(O)C1OC(=O)CCCCCCCCCCCCC/C=C\C/C=C\C/C=C\C/C=C\C/C=C\CC)C(O)/C=C/CCCCCCCCCCCCC. The van der Waals surface area contributed by atoms with Gasteiger partial charge in [-0.3, -0.25) is 9.59 Å². The van der Waals surface area contributed by atoms with E-state index in [1.54, 1.807) is 6.08 Å². The predicted molar refractivity (Wildman–Crippen MR) is 356 cm³/mol. The summed E-state index contributed by atoms with van der Waals surface area (Å²) in [5.41, 5.74) is 0. The van der Waals surface area contributed by atoms with E-state index in [0.29, 0.717) is 12.8 Å². The maximum atomic E-state index is 13.4. The number of aliphatic hydroxyl groups excluding tert-OH is 5. The van der Waals surface area contributed by atoms with Crippen molar-refractivity contribution in [3.8, 4) is 0 Å². The molecule has 1 aliphatic rings. The summed E-state index contributed by atoms with van der Waals surface area (Å²) >= 11 is 0. The number of carbonyl (C=O) groups is 2. The van der Waals surface area contributed by atoms with Gasteiger partial charge in [0.2, 0.25) is 5.91 Å². The molecule has 1 saturated heterocycles. The molecule has 1 fully saturated rings. The average molecular weight is 1180 g/mol. The zero-order chi connectivity index (χ0) is 61.7. The van der Waals surface area contributed by atoms with E-state index in [1.807, 2.05) is 72.9 Å². The molecule has 1 aliphatic heterocycles. The van der Waals surface area contributed by atoms with Gasteiger partial charge in [-0.1, -0.05) is 295 Å². The van der Waals surface area contributed by atoms with Crippen LogP contribution in [-0.4, -0.2) is 99.6 Å². The monoisotopic (exact) mass is 1180 g/mol. The highest BCUT2D eigenvalue weighted by Crippen LogP contribution is 2.26. The zero-order valence-corrected chi connectivity index (χ0v) is 53.4. The van der Waals surface area contributed by atoms with Crippen molar-refractivity contribution in [2.45, 2.75) is 294 Å². The number of hydrogen-bond donors (Lipinski definition) is 6. The Morgan fingerprint density at radius 3 is 1.41 bits per heavy atom. The van der Waals surface area contributed by atoms with E-state index in [2.05, 4.69) is 92.9 Å². The molecule has 0 aliphatic carbocycles. The molecular weight excluding hydrogens is 1060 g/mol. The third-order valence-electron chi connectivity index (χ3n) is 14.9. The molecule has 0 aromatic heterocycles. The van der Waals surface area contributed by atoms with Gasteiger partial charge in [0.1, 0.15) is 24.4 Å². The van der Waals surface area contributed by atoms with Crippen molar-refractivity contribution in [3.63, 3.8) is 0 Å². The van der Waals surface area contributed by atoms with Crippen LogP contribution in [0, 0.1) is 0 Å². The van der Waals surface area contributed by atoms with E-state index in [9.17, 15) is 35.1 Å². The second-order valence-corrected chi connectivity index (χ2v) is 22.6. The summed E-state index contributed by atoms with van der Waals surface area (Å²) in [6.07, 6.45) is 76.0. The largest absolute Gasteiger partial charge is 0.454 e. The molecule has 1 heterocycles. The number of unbranched alkanes of at least 4 members (excludes halogenated alkanes) is 24. The average Bonchev–Trinajstić information content (AvgIpc) is 3.13. The minimum atomic E-state index is -1.63. The Balaban J connectivity index is 2.62. The minimum Gasteiger partial charge on any atom is -0.454 e. The van der Waals surface area contributed by atoms with E-state index in [1.165, 1.54) is 89.9 Å². The molecule has 8 atom stereocenters. The van der Waals surface area contributed by atoms with Crippen molar-refractivity contribution >= 4 is 11.9 Å². The molecule has 0 aromatic rings. The zero-order valence-electron chi connectivity index (χ0n) is 53.4. The number of nitrogens with one attached hydrogen (secondary N) is 1. The molecular formula is C74H121NO10. The summed E-state index contributed by atoms with van der Waals surface area (Å²) in [6, 6.07) is -1.06. The van der Waals surface area contributed by atoms with Crippen molar-refractivity contribution in [2.24, 2.45) is 0 Å². The van der Waals surface area contributed by atoms with Crippen molar-refractivity contribution in [1.29, 1.82) is 0 Å². The Morgan fingerprint density at radius 1 is 0.482 bits per heavy atom. The van der Waals surface area contributed by atoms with Crippen LogP contribution in [-0.2, 0) is 23.8 Å². The Kier molecular flexibility index (Phi) is 55.3. The molecule has 0 bridgehead atoms. The van der Waals surface area contributed by atoms with Gasteiger partial charge in [0.25, 0.3) is 0 Å². The van der Waals surface area contributed by atoms with Crippen molar-refractivity contribution in [1.82, 2.24) is 5.32 Å². The Morgan fingerprint density at radius 2 is 0.906 bits per heavy atom. The minimum absolute atomic E-state index is 0.105. The van der Waals surface area contributed by atoms with Crippen molar-refractivity contribution < 1.29 is 49.3 Å². The number of ether oxygens (including phenoxy) is 3. The highest BCUT2D eigenvalue weighted by molar-refractivity contribution is 5.80. The first-order valence-electron chi connectivity index (χ1n) is 33.7. The van der Waals surface area contributed by atoms with Crippen molar-refractivity contribution in [2.75, 3.05) is 13.2 Å². The van der Waals surface area contributed by atoms with Crippen LogP contribution >= 0.6 is 0 Å². The van der Waals surface area contributed by atoms with Gasteiger partial charge in [0, 0.05) is 6.42 Å². The van der Waals surface area contributed by atoms with Crippen LogP contribution in [0.15, 0.2) is 146 Å². The molecule has 0 saturated carbocycles. The normalized spacial score (nSPS) is 19.4. The van der Waals surface area contributed by atoms with Crippen LogP contribution in [0.2, 0.25) is 0 Å². The molecule has 8 unspecified atom stereocenters. The molecule has 85 heavy (non-hydrogen) atoms. The van der Waals surface area contributed by atoms with Crippen LogP contribution in [0.3, 0.4) is 0 Å². The topological polar surface area (TPSA) is 175 Å². The lowest BCUT2D eigenvalue weighted by atomic mass is 9.99. The van der Waals surface area contributed by atoms with Gasteiger partial charge in [-0.05, 0) is 89.9 Å². The van der Waals surface area contributed by atoms with E-state index in [-0.39, 0.29) is 19.4 Å². The number of hydrogen-bond acceptors (Lipinski definition) is 10. The number of esters is 1. The number of aliphatic hydroxyl groups is 5. The standard InChI is InChI=1S/C74H121NO10/c1-4-7-10-13-16-19-22-25-27-29-30-31-32-33-34-35-36-37-38-39-41-44-47-50-53-56-59-62-69(79)85-72-71(81)70(80)68(63-76)84-74(72)83-64-65(66(77)60-57-54-51-48-45-42-24-21-18-15-12-9-6-3)75-73(82)67(78)61-58-55-52-49-46-43-40-28-26-23-20-17-14-11-8-5-2/h7-8,10-11,14,16-17,19-20,23,25-28,30-31,33-34,40,43,46,49,57,60,65-68,70-72,74,76-78,80-81H,4-6,9,12-13,15,18,21-22,24,29,32,35-39,41-42,44-45,47-48,50-56,58-59,61-64H2,1-3H3,(H,75,82)/b10-7-,11-8-,17-14+,19-16-,23-20+,27-25-,28-26-,31-30-,34-33-,43-40+,49-46+,60-57+. The quantitative estimate of drug-likeness (QED) is 0.0149.